The Bertz CT molecular complexity index is 362. The first-order chi connectivity index (χ1) is 8.66. The predicted octanol–water partition coefficient (Wildman–Crippen LogP) is 2.70. The summed E-state index contributed by atoms with van der Waals surface area (Å²) in [5, 5.41) is 3.39. The smallest absolute Gasteiger partial charge is 0.194 e. The molecule has 0 saturated carbocycles. The first kappa shape index (κ1) is 13.6. The topological polar surface area (TPSA) is 47.3 Å². The van der Waals surface area contributed by atoms with E-state index in [1.165, 1.54) is 0 Å². The van der Waals surface area contributed by atoms with E-state index >= 15 is 0 Å². The molecule has 1 aliphatic rings. The number of ether oxygens (including phenoxy) is 1. The van der Waals surface area contributed by atoms with Crippen LogP contribution in [0.4, 0.5) is 0 Å². The summed E-state index contributed by atoms with van der Waals surface area (Å²) in [7, 11) is 0. The van der Waals surface area contributed by atoms with Crippen LogP contribution >= 0.6 is 0 Å². The molecular weight excluding hydrogens is 228 g/mol. The van der Waals surface area contributed by atoms with E-state index in [2.05, 4.69) is 31.1 Å². The Labute approximate surface area is 109 Å². The number of oxazole rings is 1. The predicted molar refractivity (Wildman–Crippen MR) is 70.4 cm³/mol. The quantitative estimate of drug-likeness (QED) is 0.791. The molecule has 0 aromatic carbocycles. The Balaban J connectivity index is 1.79. The molecule has 0 radical (unpaired) electrons. The summed E-state index contributed by atoms with van der Waals surface area (Å²) < 4.78 is 11.5. The Morgan fingerprint density at radius 1 is 1.50 bits per heavy atom. The Morgan fingerprint density at radius 2 is 2.33 bits per heavy atom. The highest BCUT2D eigenvalue weighted by molar-refractivity contribution is 5.01. The molecule has 2 rings (SSSR count). The molecule has 0 amide bonds. The molecule has 102 valence electrons. The fraction of sp³-hybridized carbons (Fsp3) is 0.786. The summed E-state index contributed by atoms with van der Waals surface area (Å²) >= 11 is 0. The molecule has 1 aromatic heterocycles. The summed E-state index contributed by atoms with van der Waals surface area (Å²) in [4.78, 5) is 4.34. The fourth-order valence-corrected chi connectivity index (χ4v) is 2.26. The Kier molecular flexibility index (Phi) is 4.78. The average Bonchev–Trinajstić information content (AvgIpc) is 2.92. The van der Waals surface area contributed by atoms with Crippen molar-refractivity contribution >= 4 is 0 Å². The zero-order valence-corrected chi connectivity index (χ0v) is 11.6. The third kappa shape index (κ3) is 3.56. The lowest BCUT2D eigenvalue weighted by Gasteiger charge is -2.10. The Morgan fingerprint density at radius 3 is 3.00 bits per heavy atom. The van der Waals surface area contributed by atoms with Crippen LogP contribution in [0.25, 0.3) is 0 Å². The van der Waals surface area contributed by atoms with Gasteiger partial charge in [0.25, 0.3) is 0 Å². The van der Waals surface area contributed by atoms with E-state index in [9.17, 15) is 0 Å². The van der Waals surface area contributed by atoms with Crippen LogP contribution in [0.2, 0.25) is 0 Å². The summed E-state index contributed by atoms with van der Waals surface area (Å²) in [5.41, 5.74) is 0. The van der Waals surface area contributed by atoms with Crippen LogP contribution in [-0.4, -0.2) is 24.2 Å². The zero-order valence-electron chi connectivity index (χ0n) is 11.6. The van der Waals surface area contributed by atoms with E-state index in [1.807, 2.05) is 6.20 Å². The van der Waals surface area contributed by atoms with Gasteiger partial charge in [-0.2, -0.15) is 0 Å². The van der Waals surface area contributed by atoms with Crippen LogP contribution in [0.5, 0.6) is 0 Å². The highest BCUT2D eigenvalue weighted by atomic mass is 16.5. The van der Waals surface area contributed by atoms with Gasteiger partial charge in [-0.05, 0) is 25.3 Å². The molecular formula is C14H24N2O2. The number of nitrogens with zero attached hydrogens (tertiary/aromatic N) is 1. The van der Waals surface area contributed by atoms with E-state index in [1.54, 1.807) is 0 Å². The van der Waals surface area contributed by atoms with E-state index in [0.29, 0.717) is 12.0 Å². The summed E-state index contributed by atoms with van der Waals surface area (Å²) in [6, 6.07) is 0.540. The van der Waals surface area contributed by atoms with Crippen molar-refractivity contribution in [3.63, 3.8) is 0 Å². The highest BCUT2D eigenvalue weighted by Gasteiger charge is 2.28. The maximum absolute atomic E-state index is 5.78. The minimum absolute atomic E-state index is 0.111. The molecule has 4 heteroatoms. The van der Waals surface area contributed by atoms with Gasteiger partial charge in [-0.15, -0.1) is 0 Å². The number of hydrogen-bond acceptors (Lipinski definition) is 4. The molecule has 0 aliphatic carbocycles. The second-order valence-electron chi connectivity index (χ2n) is 5.43. The van der Waals surface area contributed by atoms with E-state index in [0.717, 1.165) is 44.1 Å². The lowest BCUT2D eigenvalue weighted by Crippen LogP contribution is -2.23. The molecule has 1 fully saturated rings. The SMILES string of the molecule is CC(C)NCCCc1ncc(C2OCCC2C)o1. The van der Waals surface area contributed by atoms with Gasteiger partial charge in [-0.3, -0.25) is 0 Å². The lowest BCUT2D eigenvalue weighted by molar-refractivity contribution is 0.0749. The van der Waals surface area contributed by atoms with Crippen molar-refractivity contribution < 1.29 is 9.15 Å². The van der Waals surface area contributed by atoms with Gasteiger partial charge in [-0.25, -0.2) is 4.98 Å². The van der Waals surface area contributed by atoms with Crippen LogP contribution < -0.4 is 5.32 Å². The molecule has 0 spiro atoms. The van der Waals surface area contributed by atoms with Gasteiger partial charge in [0.1, 0.15) is 6.10 Å². The summed E-state index contributed by atoms with van der Waals surface area (Å²) in [6.07, 6.45) is 5.00. The summed E-state index contributed by atoms with van der Waals surface area (Å²) in [5.74, 6) is 2.26. The first-order valence-corrected chi connectivity index (χ1v) is 6.96. The minimum Gasteiger partial charge on any atom is -0.443 e. The molecule has 2 atom stereocenters. The van der Waals surface area contributed by atoms with E-state index < -0.39 is 0 Å². The van der Waals surface area contributed by atoms with Gasteiger partial charge < -0.3 is 14.5 Å². The van der Waals surface area contributed by atoms with Crippen LogP contribution in [0.15, 0.2) is 10.6 Å². The molecule has 2 heterocycles. The molecule has 1 saturated heterocycles. The van der Waals surface area contributed by atoms with E-state index in [4.69, 9.17) is 9.15 Å². The second-order valence-corrected chi connectivity index (χ2v) is 5.43. The van der Waals surface area contributed by atoms with Crippen molar-refractivity contribution in [2.24, 2.45) is 5.92 Å². The van der Waals surface area contributed by atoms with Gasteiger partial charge in [0.05, 0.1) is 6.20 Å². The number of aryl methyl sites for hydroxylation is 1. The van der Waals surface area contributed by atoms with Gasteiger partial charge in [0.2, 0.25) is 0 Å². The monoisotopic (exact) mass is 252 g/mol. The van der Waals surface area contributed by atoms with Crippen LogP contribution in [0, 0.1) is 5.92 Å². The van der Waals surface area contributed by atoms with Gasteiger partial charge in [-0.1, -0.05) is 20.8 Å². The van der Waals surface area contributed by atoms with Gasteiger partial charge >= 0.3 is 0 Å². The minimum atomic E-state index is 0.111. The van der Waals surface area contributed by atoms with Crippen molar-refractivity contribution in [2.75, 3.05) is 13.2 Å². The number of aromatic nitrogens is 1. The Hall–Kier alpha value is -0.870. The molecule has 0 bridgehead atoms. The number of hydrogen-bond donors (Lipinski definition) is 1. The standard InChI is InChI=1S/C14H24N2O2/c1-10(2)15-7-4-5-13-16-9-12(18-13)14-11(3)6-8-17-14/h9-11,14-15H,4-8H2,1-3H3. The largest absolute Gasteiger partial charge is 0.443 e. The molecule has 1 aliphatic heterocycles. The van der Waals surface area contributed by atoms with Crippen molar-refractivity contribution in [3.8, 4) is 0 Å². The number of nitrogens with one attached hydrogen (secondary N) is 1. The lowest BCUT2D eigenvalue weighted by atomic mass is 10.0. The fourth-order valence-electron chi connectivity index (χ4n) is 2.26. The number of rotatable bonds is 6. The van der Waals surface area contributed by atoms with Crippen molar-refractivity contribution in [3.05, 3.63) is 17.8 Å². The maximum atomic E-state index is 5.78. The highest BCUT2D eigenvalue weighted by Crippen LogP contribution is 2.34. The summed E-state index contributed by atoms with van der Waals surface area (Å²) in [6.45, 7) is 8.35. The normalized spacial score (nSPS) is 24.0. The third-order valence-corrected chi connectivity index (χ3v) is 3.36. The molecule has 18 heavy (non-hydrogen) atoms. The maximum Gasteiger partial charge on any atom is 0.194 e. The molecule has 4 nitrogen and oxygen atoms in total. The van der Waals surface area contributed by atoms with Gasteiger partial charge in [0.15, 0.2) is 11.7 Å². The van der Waals surface area contributed by atoms with Crippen molar-refractivity contribution in [1.29, 1.82) is 0 Å². The van der Waals surface area contributed by atoms with Crippen LogP contribution in [0.1, 0.15) is 51.4 Å². The molecule has 1 aromatic rings. The molecule has 1 N–H and O–H groups in total. The third-order valence-electron chi connectivity index (χ3n) is 3.36. The molecule has 2 unspecified atom stereocenters. The van der Waals surface area contributed by atoms with Crippen LogP contribution in [0.3, 0.4) is 0 Å². The van der Waals surface area contributed by atoms with Crippen molar-refractivity contribution in [2.45, 2.75) is 52.2 Å². The van der Waals surface area contributed by atoms with Crippen molar-refractivity contribution in [1.82, 2.24) is 10.3 Å². The second kappa shape index (κ2) is 6.34. The van der Waals surface area contributed by atoms with Gasteiger partial charge in [0, 0.05) is 19.1 Å². The first-order valence-electron chi connectivity index (χ1n) is 6.96. The van der Waals surface area contributed by atoms with Crippen LogP contribution in [-0.2, 0) is 11.2 Å². The average molecular weight is 252 g/mol. The van der Waals surface area contributed by atoms with E-state index in [-0.39, 0.29) is 6.10 Å². The zero-order chi connectivity index (χ0) is 13.0.